The number of rotatable bonds is 8. The van der Waals surface area contributed by atoms with Crippen molar-refractivity contribution in [3.63, 3.8) is 0 Å². The molecule has 1 aromatic heterocycles. The van der Waals surface area contributed by atoms with E-state index in [1.165, 1.54) is 19.1 Å². The average molecular weight is 452 g/mol. The third-order valence-electron chi connectivity index (χ3n) is 4.83. The number of halogens is 2. The molecule has 1 heterocycles. The first kappa shape index (κ1) is 22.6. The number of furan rings is 1. The van der Waals surface area contributed by atoms with Gasteiger partial charge in [0.05, 0.1) is 11.6 Å². The minimum atomic E-state index is -0.622. The van der Waals surface area contributed by atoms with Crippen LogP contribution in [0.5, 0.6) is 5.75 Å². The fourth-order valence-electron chi connectivity index (χ4n) is 3.38. The van der Waals surface area contributed by atoms with Gasteiger partial charge in [-0.05, 0) is 44.0 Å². The van der Waals surface area contributed by atoms with Gasteiger partial charge in [-0.3, -0.25) is 14.4 Å². The highest BCUT2D eigenvalue weighted by Crippen LogP contribution is 2.32. The lowest BCUT2D eigenvalue weighted by atomic mass is 9.74. The van der Waals surface area contributed by atoms with Crippen molar-refractivity contribution in [1.29, 1.82) is 0 Å². The largest absolute Gasteiger partial charge is 0.484 e. The summed E-state index contributed by atoms with van der Waals surface area (Å²) in [6, 6.07) is 7.00. The van der Waals surface area contributed by atoms with Gasteiger partial charge in [0.25, 0.3) is 11.8 Å². The summed E-state index contributed by atoms with van der Waals surface area (Å²) in [4.78, 5) is 35.4. The summed E-state index contributed by atoms with van der Waals surface area (Å²) in [5.74, 6) is -0.686. The molecule has 3 N–H and O–H groups in total. The number of carbonyl (C=O) groups excluding carboxylic acids is 3. The molecule has 1 aromatic carbocycles. The smallest absolute Gasteiger partial charge is 0.287 e. The summed E-state index contributed by atoms with van der Waals surface area (Å²) < 4.78 is 24.1. The topological polar surface area (TPSA) is 110 Å². The number of ether oxygens (including phenoxy) is 1. The van der Waals surface area contributed by atoms with Gasteiger partial charge in [0.1, 0.15) is 17.3 Å². The fraction of sp³-hybridized carbons (Fsp3) is 0.381. The highest BCUT2D eigenvalue weighted by atomic mass is 35.5. The summed E-state index contributed by atoms with van der Waals surface area (Å²) in [7, 11) is 0. The van der Waals surface area contributed by atoms with Crippen LogP contribution >= 0.6 is 11.6 Å². The predicted molar refractivity (Wildman–Crippen MR) is 110 cm³/mol. The molecule has 166 valence electrons. The van der Waals surface area contributed by atoms with Gasteiger partial charge >= 0.3 is 0 Å². The monoisotopic (exact) mass is 451 g/mol. The molecule has 0 aliphatic heterocycles. The zero-order valence-corrected chi connectivity index (χ0v) is 17.8. The molecule has 1 fully saturated rings. The first-order valence-electron chi connectivity index (χ1n) is 9.66. The van der Waals surface area contributed by atoms with E-state index in [4.69, 9.17) is 20.8 Å². The summed E-state index contributed by atoms with van der Waals surface area (Å²) >= 11 is 5.61. The van der Waals surface area contributed by atoms with E-state index in [2.05, 4.69) is 16.0 Å². The van der Waals surface area contributed by atoms with Gasteiger partial charge in [-0.25, -0.2) is 4.39 Å². The number of hydrogen-bond acceptors (Lipinski definition) is 5. The number of amides is 3. The van der Waals surface area contributed by atoms with Crippen LogP contribution in [0.2, 0.25) is 5.02 Å². The summed E-state index contributed by atoms with van der Waals surface area (Å²) in [6.45, 7) is 3.21. The van der Waals surface area contributed by atoms with Crippen LogP contribution in [0.3, 0.4) is 0 Å². The van der Waals surface area contributed by atoms with E-state index in [-0.39, 0.29) is 53.4 Å². The molecule has 0 radical (unpaired) electrons. The number of benzene rings is 1. The maximum absolute atomic E-state index is 13.4. The van der Waals surface area contributed by atoms with Crippen molar-refractivity contribution in [2.24, 2.45) is 0 Å². The molecule has 8 nitrogen and oxygen atoms in total. The van der Waals surface area contributed by atoms with Crippen LogP contribution in [0.25, 0.3) is 0 Å². The lowest BCUT2D eigenvalue weighted by Gasteiger charge is -2.45. The Balaban J connectivity index is 1.40. The summed E-state index contributed by atoms with van der Waals surface area (Å²) in [5.41, 5.74) is -0.483. The molecule has 3 rings (SSSR count). The lowest BCUT2D eigenvalue weighted by Crippen LogP contribution is -2.62. The highest BCUT2D eigenvalue weighted by Gasteiger charge is 2.42. The first-order valence-corrected chi connectivity index (χ1v) is 10.0. The minimum absolute atomic E-state index is 0.0228. The molecule has 0 atom stereocenters. The molecule has 0 bridgehead atoms. The maximum atomic E-state index is 13.4. The molecule has 2 aromatic rings. The van der Waals surface area contributed by atoms with Crippen molar-refractivity contribution in [2.45, 2.75) is 44.8 Å². The van der Waals surface area contributed by atoms with Crippen LogP contribution in [0, 0.1) is 5.82 Å². The second kappa shape index (κ2) is 9.38. The van der Waals surface area contributed by atoms with Crippen molar-refractivity contribution in [2.75, 3.05) is 6.61 Å². The zero-order chi connectivity index (χ0) is 22.6. The van der Waals surface area contributed by atoms with E-state index in [0.29, 0.717) is 18.6 Å². The van der Waals surface area contributed by atoms with Crippen LogP contribution in [0.1, 0.15) is 43.0 Å². The van der Waals surface area contributed by atoms with E-state index in [0.717, 1.165) is 6.07 Å². The predicted octanol–water partition coefficient (Wildman–Crippen LogP) is 2.55. The fourth-order valence-corrected chi connectivity index (χ4v) is 3.50. The standard InChI is InChI=1S/C21H23ClFN3O5/c1-12(27)24-10-15-4-6-18(31-15)20(29)25-13-8-21(2,9-13)26-19(28)11-30-14-3-5-16(22)17(23)7-14/h3-7,13H,8-11H2,1-2H3,(H,24,27)(H,25,29)(H,26,28). The highest BCUT2D eigenvalue weighted by molar-refractivity contribution is 6.30. The molecule has 31 heavy (non-hydrogen) atoms. The van der Waals surface area contributed by atoms with Gasteiger partial charge < -0.3 is 25.1 Å². The number of carbonyl (C=O) groups is 3. The quantitative estimate of drug-likeness (QED) is 0.571. The average Bonchev–Trinajstić information content (AvgIpc) is 3.15. The van der Waals surface area contributed by atoms with Crippen LogP contribution in [-0.2, 0) is 16.1 Å². The van der Waals surface area contributed by atoms with E-state index in [9.17, 15) is 18.8 Å². The Hall–Kier alpha value is -3.07. The molecule has 1 aliphatic carbocycles. The molecular weight excluding hydrogens is 429 g/mol. The third-order valence-corrected chi connectivity index (χ3v) is 5.13. The molecule has 0 spiro atoms. The van der Waals surface area contributed by atoms with E-state index < -0.39 is 11.4 Å². The van der Waals surface area contributed by atoms with E-state index >= 15 is 0 Å². The summed E-state index contributed by atoms with van der Waals surface area (Å²) in [5, 5.41) is 8.29. The van der Waals surface area contributed by atoms with Gasteiger partial charge in [0, 0.05) is 24.6 Å². The zero-order valence-electron chi connectivity index (χ0n) is 17.1. The van der Waals surface area contributed by atoms with E-state index in [1.807, 2.05) is 6.92 Å². The molecule has 1 saturated carbocycles. The second-order valence-electron chi connectivity index (χ2n) is 7.73. The van der Waals surface area contributed by atoms with Crippen LogP contribution in [0.15, 0.2) is 34.7 Å². The van der Waals surface area contributed by atoms with E-state index in [1.54, 1.807) is 12.1 Å². The Morgan fingerprint density at radius 3 is 2.68 bits per heavy atom. The maximum Gasteiger partial charge on any atom is 0.287 e. The molecule has 10 heteroatoms. The lowest BCUT2D eigenvalue weighted by molar-refractivity contribution is -0.126. The number of nitrogens with one attached hydrogen (secondary N) is 3. The first-order chi connectivity index (χ1) is 14.6. The van der Waals surface area contributed by atoms with Crippen LogP contribution < -0.4 is 20.7 Å². The minimum Gasteiger partial charge on any atom is -0.484 e. The van der Waals surface area contributed by atoms with Crippen molar-refractivity contribution in [3.8, 4) is 5.75 Å². The van der Waals surface area contributed by atoms with Gasteiger partial charge in [0.2, 0.25) is 5.91 Å². The Morgan fingerprint density at radius 2 is 2.00 bits per heavy atom. The third kappa shape index (κ3) is 6.21. The van der Waals surface area contributed by atoms with Crippen molar-refractivity contribution in [1.82, 2.24) is 16.0 Å². The van der Waals surface area contributed by atoms with Gasteiger partial charge in [-0.2, -0.15) is 0 Å². The Kier molecular flexibility index (Phi) is 6.84. The molecule has 0 unspecified atom stereocenters. The van der Waals surface area contributed by atoms with Crippen LogP contribution in [-0.4, -0.2) is 35.9 Å². The summed E-state index contributed by atoms with van der Waals surface area (Å²) in [6.07, 6.45) is 1.08. The SMILES string of the molecule is CC(=O)NCc1ccc(C(=O)NC2CC(C)(NC(=O)COc3ccc(Cl)c(F)c3)C2)o1. The Labute approximate surface area is 183 Å². The Morgan fingerprint density at radius 1 is 1.26 bits per heavy atom. The Bertz CT molecular complexity index is 987. The van der Waals surface area contributed by atoms with Gasteiger partial charge in [0.15, 0.2) is 12.4 Å². The molecule has 3 amide bonds. The van der Waals surface area contributed by atoms with Crippen LogP contribution in [0.4, 0.5) is 4.39 Å². The van der Waals surface area contributed by atoms with Gasteiger partial charge in [-0.1, -0.05) is 11.6 Å². The molecule has 1 aliphatic rings. The van der Waals surface area contributed by atoms with Crippen molar-refractivity contribution in [3.05, 3.63) is 52.7 Å². The number of hydrogen-bond donors (Lipinski definition) is 3. The van der Waals surface area contributed by atoms with Crippen molar-refractivity contribution >= 4 is 29.3 Å². The molecular formula is C21H23ClFN3O5. The van der Waals surface area contributed by atoms with Gasteiger partial charge in [-0.15, -0.1) is 0 Å². The van der Waals surface area contributed by atoms with Crippen molar-refractivity contribution < 1.29 is 27.9 Å². The normalized spacial score (nSPS) is 19.8. The second-order valence-corrected chi connectivity index (χ2v) is 8.13. The molecule has 0 saturated heterocycles.